The zero-order valence-electron chi connectivity index (χ0n) is 15.2. The topological polar surface area (TPSA) is 47.5 Å². The maximum absolute atomic E-state index is 14.6. The van der Waals surface area contributed by atoms with Crippen LogP contribution in [-0.4, -0.2) is 48.7 Å². The summed E-state index contributed by atoms with van der Waals surface area (Å²) in [6.07, 6.45) is 1.27. The molecule has 5 nitrogen and oxygen atoms in total. The number of rotatable bonds is 4. The summed E-state index contributed by atoms with van der Waals surface area (Å²) in [6.45, 7) is 3.48. The number of likely N-dealkylation sites (tertiary alicyclic amines) is 1. The minimum Gasteiger partial charge on any atom is -0.480 e. The fraction of sp³-hybridized carbons (Fsp3) is 0.444. The first-order chi connectivity index (χ1) is 12.8. The highest BCUT2D eigenvalue weighted by Gasteiger charge is 2.35. The van der Waals surface area contributed by atoms with Crippen molar-refractivity contribution in [3.8, 4) is 11.9 Å². The van der Waals surface area contributed by atoms with Gasteiger partial charge in [0.05, 0.1) is 28.3 Å². The summed E-state index contributed by atoms with van der Waals surface area (Å²) in [7, 11) is 3.39. The van der Waals surface area contributed by atoms with Crippen molar-refractivity contribution in [2.45, 2.75) is 13.3 Å². The van der Waals surface area contributed by atoms with Crippen molar-refractivity contribution in [3.05, 3.63) is 33.3 Å². The van der Waals surface area contributed by atoms with E-state index < -0.39 is 11.2 Å². The summed E-state index contributed by atoms with van der Waals surface area (Å²) in [5, 5.41) is 0.523. The van der Waals surface area contributed by atoms with Gasteiger partial charge in [-0.2, -0.15) is 9.97 Å². The molecular formula is C18H19BrClF2N3O2. The molecule has 1 aliphatic rings. The van der Waals surface area contributed by atoms with Gasteiger partial charge in [0, 0.05) is 18.5 Å². The van der Waals surface area contributed by atoms with Crippen LogP contribution < -0.4 is 9.47 Å². The maximum Gasteiger partial charge on any atom is 0.320 e. The molecule has 0 bridgehead atoms. The predicted octanol–water partition coefficient (Wildman–Crippen LogP) is 4.77. The van der Waals surface area contributed by atoms with E-state index in [2.05, 4.69) is 30.8 Å². The summed E-state index contributed by atoms with van der Waals surface area (Å²) in [4.78, 5) is 10.5. The van der Waals surface area contributed by atoms with Crippen LogP contribution in [0, 0.1) is 11.2 Å². The monoisotopic (exact) mass is 461 g/mol. The Morgan fingerprint density at radius 3 is 2.85 bits per heavy atom. The van der Waals surface area contributed by atoms with Crippen LogP contribution in [0.4, 0.5) is 8.78 Å². The Kier molecular flexibility index (Phi) is 5.88. The maximum atomic E-state index is 14.6. The Hall–Kier alpha value is -1.51. The third kappa shape index (κ3) is 3.88. The van der Waals surface area contributed by atoms with Gasteiger partial charge in [-0.3, -0.25) is 0 Å². The van der Waals surface area contributed by atoms with Crippen molar-refractivity contribution >= 4 is 38.4 Å². The number of ether oxygens (including phenoxy) is 2. The van der Waals surface area contributed by atoms with Crippen LogP contribution in [0.2, 0.25) is 5.02 Å². The molecule has 0 radical (unpaired) electrons. The lowest BCUT2D eigenvalue weighted by Crippen LogP contribution is -2.44. The van der Waals surface area contributed by atoms with Gasteiger partial charge in [0.15, 0.2) is 5.82 Å². The van der Waals surface area contributed by atoms with Crippen LogP contribution in [0.1, 0.15) is 13.3 Å². The molecule has 1 fully saturated rings. The second kappa shape index (κ2) is 7.85. The Balaban J connectivity index is 1.95. The largest absolute Gasteiger partial charge is 0.480 e. The number of halogens is 4. The second-order valence-electron chi connectivity index (χ2n) is 6.87. The molecule has 1 aromatic heterocycles. The van der Waals surface area contributed by atoms with E-state index in [1.807, 2.05) is 14.0 Å². The molecule has 0 amide bonds. The van der Waals surface area contributed by atoms with E-state index in [9.17, 15) is 8.78 Å². The van der Waals surface area contributed by atoms with E-state index in [0.717, 1.165) is 6.54 Å². The fourth-order valence-corrected chi connectivity index (χ4v) is 3.78. The van der Waals surface area contributed by atoms with E-state index >= 15 is 0 Å². The summed E-state index contributed by atoms with van der Waals surface area (Å²) in [5.74, 6) is -0.480. The van der Waals surface area contributed by atoms with Gasteiger partial charge in [0.25, 0.3) is 0 Å². The lowest BCUT2D eigenvalue weighted by Gasteiger charge is -2.40. The van der Waals surface area contributed by atoms with Gasteiger partial charge in [0.2, 0.25) is 5.88 Å². The highest BCUT2D eigenvalue weighted by Crippen LogP contribution is 2.37. The zero-order chi connectivity index (χ0) is 19.8. The quantitative estimate of drug-likeness (QED) is 0.613. The molecule has 1 atom stereocenters. The van der Waals surface area contributed by atoms with E-state index in [1.54, 1.807) is 0 Å². The molecule has 0 N–H and O–H groups in total. The number of fused-ring (bicyclic) bond motifs is 1. The van der Waals surface area contributed by atoms with Crippen LogP contribution in [0.5, 0.6) is 11.9 Å². The zero-order valence-corrected chi connectivity index (χ0v) is 17.5. The van der Waals surface area contributed by atoms with Crippen molar-refractivity contribution in [1.82, 2.24) is 14.9 Å². The van der Waals surface area contributed by atoms with E-state index in [-0.39, 0.29) is 33.5 Å². The Morgan fingerprint density at radius 2 is 2.19 bits per heavy atom. The second-order valence-corrected chi connectivity index (χ2v) is 8.07. The number of hydrogen-bond donors (Lipinski definition) is 0. The number of nitrogens with zero attached hydrogens (tertiary/aromatic N) is 3. The first-order valence-electron chi connectivity index (χ1n) is 8.29. The molecule has 0 saturated carbocycles. The number of methoxy groups -OCH3 is 1. The molecule has 1 saturated heterocycles. The number of aromatic nitrogens is 2. The molecule has 0 unspecified atom stereocenters. The summed E-state index contributed by atoms with van der Waals surface area (Å²) >= 11 is 9.11. The van der Waals surface area contributed by atoms with E-state index in [4.69, 9.17) is 21.1 Å². The third-order valence-electron chi connectivity index (χ3n) is 4.77. The molecule has 1 aliphatic heterocycles. The van der Waals surface area contributed by atoms with Crippen molar-refractivity contribution in [3.63, 3.8) is 0 Å². The minimum absolute atomic E-state index is 0.0281. The predicted molar refractivity (Wildman–Crippen MR) is 104 cm³/mol. The molecule has 27 heavy (non-hydrogen) atoms. The third-order valence-corrected chi connectivity index (χ3v) is 6.08. The molecule has 3 rings (SSSR count). The van der Waals surface area contributed by atoms with Crippen LogP contribution in [0.15, 0.2) is 22.4 Å². The van der Waals surface area contributed by atoms with E-state index in [1.165, 1.54) is 13.2 Å². The number of benzene rings is 1. The minimum atomic E-state index is -0.629. The van der Waals surface area contributed by atoms with Crippen LogP contribution in [0.3, 0.4) is 0 Å². The van der Waals surface area contributed by atoms with Gasteiger partial charge in [-0.25, -0.2) is 8.78 Å². The van der Waals surface area contributed by atoms with Crippen LogP contribution in [-0.2, 0) is 0 Å². The Bertz CT molecular complexity index is 912. The molecule has 0 aliphatic carbocycles. The van der Waals surface area contributed by atoms with Crippen molar-refractivity contribution in [1.29, 1.82) is 0 Å². The van der Waals surface area contributed by atoms with Crippen molar-refractivity contribution in [2.24, 2.45) is 5.41 Å². The van der Waals surface area contributed by atoms with Gasteiger partial charge < -0.3 is 14.4 Å². The molecule has 2 heterocycles. The first kappa shape index (κ1) is 20.2. The highest BCUT2D eigenvalue weighted by atomic mass is 79.9. The summed E-state index contributed by atoms with van der Waals surface area (Å²) in [6, 6.07) is 1.48. The van der Waals surface area contributed by atoms with Gasteiger partial charge >= 0.3 is 6.01 Å². The molecule has 1 aromatic carbocycles. The average molecular weight is 463 g/mol. The molecular weight excluding hydrogens is 444 g/mol. The van der Waals surface area contributed by atoms with E-state index in [0.29, 0.717) is 30.3 Å². The SMILES string of the molecule is COc1nc(OC[C@]2(C)CN(C)CC/C2=C\F)nc2c(F)c(Br)c(Cl)cc12. The van der Waals surface area contributed by atoms with Crippen molar-refractivity contribution < 1.29 is 18.3 Å². The Labute approximate surface area is 169 Å². The average Bonchev–Trinajstić information content (AvgIpc) is 2.64. The van der Waals surface area contributed by atoms with Crippen LogP contribution in [0.25, 0.3) is 10.9 Å². The van der Waals surface area contributed by atoms with Gasteiger partial charge in [0.1, 0.15) is 12.1 Å². The van der Waals surface area contributed by atoms with Gasteiger partial charge in [-0.15, -0.1) is 0 Å². The lowest BCUT2D eigenvalue weighted by atomic mass is 9.78. The summed E-state index contributed by atoms with van der Waals surface area (Å²) in [5.41, 5.74) is 0.168. The van der Waals surface area contributed by atoms with Crippen LogP contribution >= 0.6 is 27.5 Å². The molecule has 0 spiro atoms. The molecule has 9 heteroatoms. The highest BCUT2D eigenvalue weighted by molar-refractivity contribution is 9.10. The summed E-state index contributed by atoms with van der Waals surface area (Å²) < 4.78 is 39.0. The fourth-order valence-electron chi connectivity index (χ4n) is 3.28. The first-order valence-corrected chi connectivity index (χ1v) is 9.46. The number of hydrogen-bond acceptors (Lipinski definition) is 5. The normalized spacial score (nSPS) is 22.4. The smallest absolute Gasteiger partial charge is 0.320 e. The molecule has 146 valence electrons. The lowest BCUT2D eigenvalue weighted by molar-refractivity contribution is 0.109. The van der Waals surface area contributed by atoms with Gasteiger partial charge in [-0.05, 0) is 41.0 Å². The molecule has 2 aromatic rings. The Morgan fingerprint density at radius 1 is 1.44 bits per heavy atom. The number of piperidine rings is 1. The van der Waals surface area contributed by atoms with Crippen molar-refractivity contribution in [2.75, 3.05) is 33.9 Å². The van der Waals surface area contributed by atoms with Gasteiger partial charge in [-0.1, -0.05) is 18.5 Å². The standard InChI is InChI=1S/C18H19BrClF2N3O2/c1-18(8-25(2)5-4-10(18)7-21)9-27-17-23-15-11(16(24-17)26-3)6-12(20)13(19)14(15)22/h6-7H,4-5,8-9H2,1-3H3/b10-7+/t18-/m0/s1.